The van der Waals surface area contributed by atoms with E-state index < -0.39 is 0 Å². The fraction of sp³-hybridized carbons (Fsp3) is 0.824. The lowest BCUT2D eigenvalue weighted by molar-refractivity contribution is 0.0131. The molecule has 0 unspecified atom stereocenters. The first-order chi connectivity index (χ1) is 11.8. The van der Waals surface area contributed by atoms with Crippen molar-refractivity contribution in [3.8, 4) is 0 Å². The Labute approximate surface area is 166 Å². The smallest absolute Gasteiger partial charge is 0.194 e. The van der Waals surface area contributed by atoms with Crippen molar-refractivity contribution in [2.75, 3.05) is 26.7 Å². The van der Waals surface area contributed by atoms with Crippen molar-refractivity contribution >= 4 is 29.9 Å². The van der Waals surface area contributed by atoms with E-state index in [4.69, 9.17) is 4.74 Å². The minimum atomic E-state index is 0. The first-order valence-electron chi connectivity index (χ1n) is 9.31. The van der Waals surface area contributed by atoms with Gasteiger partial charge in [-0.1, -0.05) is 0 Å². The lowest BCUT2D eigenvalue weighted by Gasteiger charge is -2.34. The molecule has 1 aromatic heterocycles. The van der Waals surface area contributed by atoms with Crippen LogP contribution in [-0.4, -0.2) is 58.5 Å². The van der Waals surface area contributed by atoms with Gasteiger partial charge in [0.15, 0.2) is 11.8 Å². The zero-order chi connectivity index (χ0) is 16.4. The van der Waals surface area contributed by atoms with E-state index in [0.717, 1.165) is 69.0 Å². The first kappa shape index (κ1) is 18.9. The molecule has 0 atom stereocenters. The fourth-order valence-corrected chi connectivity index (χ4v) is 3.62. The van der Waals surface area contributed by atoms with Gasteiger partial charge in [-0.25, -0.2) is 0 Å². The summed E-state index contributed by atoms with van der Waals surface area (Å²) in [5.74, 6) is 3.95. The van der Waals surface area contributed by atoms with Gasteiger partial charge in [0.05, 0.1) is 12.6 Å². The largest absolute Gasteiger partial charge is 0.378 e. The highest BCUT2D eigenvalue weighted by atomic mass is 127. The summed E-state index contributed by atoms with van der Waals surface area (Å²) in [6.07, 6.45) is 7.57. The number of aromatic nitrogens is 3. The predicted octanol–water partition coefficient (Wildman–Crippen LogP) is 1.81. The molecule has 1 N–H and O–H groups in total. The van der Waals surface area contributed by atoms with Crippen molar-refractivity contribution in [2.45, 2.75) is 57.7 Å². The molecular formula is C17H29IN6O. The number of fused-ring (bicyclic) bond motifs is 1. The zero-order valence-corrected chi connectivity index (χ0v) is 17.3. The quantitative estimate of drug-likeness (QED) is 0.413. The van der Waals surface area contributed by atoms with Crippen LogP contribution in [0, 0.1) is 5.92 Å². The van der Waals surface area contributed by atoms with Crippen LogP contribution in [0.25, 0.3) is 0 Å². The molecule has 0 bridgehead atoms. The highest BCUT2D eigenvalue weighted by Gasteiger charge is 2.26. The van der Waals surface area contributed by atoms with Gasteiger partial charge in [-0.05, 0) is 38.0 Å². The fourth-order valence-electron chi connectivity index (χ4n) is 3.62. The Morgan fingerprint density at radius 3 is 2.72 bits per heavy atom. The van der Waals surface area contributed by atoms with Gasteiger partial charge in [0.25, 0.3) is 0 Å². The minimum absolute atomic E-state index is 0. The van der Waals surface area contributed by atoms with Gasteiger partial charge in [-0.15, -0.1) is 34.2 Å². The normalized spacial score (nSPS) is 21.2. The number of nitrogens with one attached hydrogen (secondary N) is 1. The Hall–Kier alpha value is -0.900. The molecule has 25 heavy (non-hydrogen) atoms. The molecule has 3 heterocycles. The summed E-state index contributed by atoms with van der Waals surface area (Å²) >= 11 is 0. The van der Waals surface area contributed by atoms with E-state index in [1.165, 1.54) is 19.3 Å². The molecule has 2 fully saturated rings. The number of hydrogen-bond donors (Lipinski definition) is 1. The zero-order valence-electron chi connectivity index (χ0n) is 15.0. The van der Waals surface area contributed by atoms with Gasteiger partial charge < -0.3 is 19.5 Å². The first-order valence-corrected chi connectivity index (χ1v) is 9.31. The summed E-state index contributed by atoms with van der Waals surface area (Å²) in [4.78, 5) is 6.78. The summed E-state index contributed by atoms with van der Waals surface area (Å²) in [5, 5.41) is 12.0. The molecule has 8 heteroatoms. The van der Waals surface area contributed by atoms with Crippen molar-refractivity contribution in [3.05, 3.63) is 11.6 Å². The number of aryl methyl sites for hydroxylation is 1. The summed E-state index contributed by atoms with van der Waals surface area (Å²) < 4.78 is 8.26. The molecule has 1 saturated heterocycles. The predicted molar refractivity (Wildman–Crippen MR) is 107 cm³/mol. The minimum Gasteiger partial charge on any atom is -0.378 e. The molecule has 0 spiro atoms. The van der Waals surface area contributed by atoms with Gasteiger partial charge in [0.2, 0.25) is 0 Å². The van der Waals surface area contributed by atoms with Crippen molar-refractivity contribution in [3.63, 3.8) is 0 Å². The van der Waals surface area contributed by atoms with E-state index in [1.807, 2.05) is 7.05 Å². The Morgan fingerprint density at radius 2 is 2.00 bits per heavy atom. The molecule has 3 aliphatic rings. The van der Waals surface area contributed by atoms with Crippen LogP contribution in [0.4, 0.5) is 0 Å². The summed E-state index contributed by atoms with van der Waals surface area (Å²) in [7, 11) is 1.85. The molecule has 1 aliphatic carbocycles. The van der Waals surface area contributed by atoms with Crippen LogP contribution in [0.15, 0.2) is 4.99 Å². The molecular weight excluding hydrogens is 431 g/mol. The Bertz CT molecular complexity index is 592. The number of aliphatic imine (C=N–C) groups is 1. The SMILES string of the molecule is CN=C(NCc1nnc2n1CCC2)N1CCC(OCC2CC2)CC1.I. The third kappa shape index (κ3) is 4.64. The van der Waals surface area contributed by atoms with Crippen molar-refractivity contribution in [1.82, 2.24) is 25.0 Å². The van der Waals surface area contributed by atoms with Crippen molar-refractivity contribution in [2.24, 2.45) is 10.9 Å². The molecule has 1 saturated carbocycles. The van der Waals surface area contributed by atoms with Crippen LogP contribution < -0.4 is 5.32 Å². The molecule has 140 valence electrons. The van der Waals surface area contributed by atoms with E-state index >= 15 is 0 Å². The van der Waals surface area contributed by atoms with Crippen LogP contribution in [0.3, 0.4) is 0 Å². The van der Waals surface area contributed by atoms with E-state index in [1.54, 1.807) is 0 Å². The number of halogens is 1. The topological polar surface area (TPSA) is 67.6 Å². The highest BCUT2D eigenvalue weighted by Crippen LogP contribution is 2.30. The second-order valence-corrected chi connectivity index (χ2v) is 7.15. The van der Waals surface area contributed by atoms with Crippen molar-refractivity contribution in [1.29, 1.82) is 0 Å². The van der Waals surface area contributed by atoms with Gasteiger partial charge in [0.1, 0.15) is 5.82 Å². The number of nitrogens with zero attached hydrogens (tertiary/aromatic N) is 5. The average molecular weight is 460 g/mol. The van der Waals surface area contributed by atoms with Gasteiger partial charge in [0, 0.05) is 39.7 Å². The Balaban J connectivity index is 0.00000182. The van der Waals surface area contributed by atoms with E-state index in [0.29, 0.717) is 12.6 Å². The van der Waals surface area contributed by atoms with Crippen LogP contribution in [0.5, 0.6) is 0 Å². The second kappa shape index (κ2) is 8.66. The molecule has 4 rings (SSSR count). The van der Waals surface area contributed by atoms with E-state index in [-0.39, 0.29) is 24.0 Å². The molecule has 0 aromatic carbocycles. The Morgan fingerprint density at radius 1 is 1.20 bits per heavy atom. The Kier molecular flexibility index (Phi) is 6.54. The lowest BCUT2D eigenvalue weighted by atomic mass is 10.1. The second-order valence-electron chi connectivity index (χ2n) is 7.15. The van der Waals surface area contributed by atoms with Gasteiger partial charge >= 0.3 is 0 Å². The molecule has 7 nitrogen and oxygen atoms in total. The number of likely N-dealkylation sites (tertiary alicyclic amines) is 1. The summed E-state index contributed by atoms with van der Waals surface area (Å²) in [6, 6.07) is 0. The maximum absolute atomic E-state index is 6.03. The van der Waals surface area contributed by atoms with Crippen molar-refractivity contribution < 1.29 is 4.74 Å². The van der Waals surface area contributed by atoms with Crippen LogP contribution >= 0.6 is 24.0 Å². The van der Waals surface area contributed by atoms with Crippen LogP contribution in [0.1, 0.15) is 43.8 Å². The summed E-state index contributed by atoms with van der Waals surface area (Å²) in [5.41, 5.74) is 0. The number of rotatable bonds is 5. The van der Waals surface area contributed by atoms with E-state index in [9.17, 15) is 0 Å². The molecule has 2 aliphatic heterocycles. The standard InChI is InChI=1S/C17H28N6O.HI/c1-18-17(19-11-16-21-20-15-3-2-8-23(15)16)22-9-6-14(7-10-22)24-12-13-4-5-13;/h13-14H,2-12H2,1H3,(H,18,19);1H. The molecule has 1 aromatic rings. The maximum atomic E-state index is 6.03. The van der Waals surface area contributed by atoms with Gasteiger partial charge in [-0.2, -0.15) is 0 Å². The summed E-state index contributed by atoms with van der Waals surface area (Å²) in [6.45, 7) is 4.72. The van der Waals surface area contributed by atoms with E-state index in [2.05, 4.69) is 30.0 Å². The molecule has 0 amide bonds. The number of guanidine groups is 1. The molecule has 0 radical (unpaired) electrons. The highest BCUT2D eigenvalue weighted by molar-refractivity contribution is 14.0. The third-order valence-electron chi connectivity index (χ3n) is 5.31. The number of hydrogen-bond acceptors (Lipinski definition) is 4. The monoisotopic (exact) mass is 460 g/mol. The number of ether oxygens (including phenoxy) is 1. The maximum Gasteiger partial charge on any atom is 0.194 e. The van der Waals surface area contributed by atoms with Crippen LogP contribution in [0.2, 0.25) is 0 Å². The van der Waals surface area contributed by atoms with Gasteiger partial charge in [-0.3, -0.25) is 4.99 Å². The number of piperidine rings is 1. The average Bonchev–Trinajstić information content (AvgIpc) is 3.19. The lowest BCUT2D eigenvalue weighted by Crippen LogP contribution is -2.47. The van der Waals surface area contributed by atoms with Crippen LogP contribution in [-0.2, 0) is 24.2 Å². The third-order valence-corrected chi connectivity index (χ3v) is 5.31.